The van der Waals surface area contributed by atoms with Crippen LogP contribution in [0.25, 0.3) is 11.0 Å². The average Bonchev–Trinajstić information content (AvgIpc) is 3.26. The highest BCUT2D eigenvalue weighted by atomic mass is 32.2. The van der Waals surface area contributed by atoms with Crippen molar-refractivity contribution in [2.75, 3.05) is 20.2 Å². The Kier molecular flexibility index (Phi) is 6.71. The van der Waals surface area contributed by atoms with Gasteiger partial charge in [0.25, 0.3) is 0 Å². The maximum absolute atomic E-state index is 13.3. The number of aromatic amines is 1. The van der Waals surface area contributed by atoms with Gasteiger partial charge in [-0.3, -0.25) is 4.79 Å². The fourth-order valence-electron chi connectivity index (χ4n) is 4.38. The number of fused-ring (bicyclic) bond motifs is 1. The summed E-state index contributed by atoms with van der Waals surface area (Å²) in [5.74, 6) is 0.531. The van der Waals surface area contributed by atoms with E-state index in [9.17, 15) is 13.2 Å². The molecular formula is C24H30N4O4S. The van der Waals surface area contributed by atoms with E-state index in [1.807, 2.05) is 26.1 Å². The largest absolute Gasteiger partial charge is 0.497 e. The summed E-state index contributed by atoms with van der Waals surface area (Å²) in [6.07, 6.45) is 5.43. The Hall–Kier alpha value is -2.91. The van der Waals surface area contributed by atoms with Crippen molar-refractivity contribution < 1.29 is 17.9 Å². The number of pyridine rings is 1. The number of sulfonamides is 1. The molecule has 2 N–H and O–H groups in total. The van der Waals surface area contributed by atoms with Crippen molar-refractivity contribution in [3.8, 4) is 5.75 Å². The first-order valence-corrected chi connectivity index (χ1v) is 12.7. The lowest BCUT2D eigenvalue weighted by Crippen LogP contribution is -2.52. The summed E-state index contributed by atoms with van der Waals surface area (Å²) < 4.78 is 33.6. The van der Waals surface area contributed by atoms with Crippen molar-refractivity contribution >= 4 is 27.0 Å². The number of H-pyrrole nitrogens is 1. The van der Waals surface area contributed by atoms with Crippen LogP contribution >= 0.6 is 0 Å². The fraction of sp³-hybridized carbons (Fsp3) is 0.417. The molecule has 33 heavy (non-hydrogen) atoms. The molecule has 3 aromatic rings. The summed E-state index contributed by atoms with van der Waals surface area (Å²) >= 11 is 0. The van der Waals surface area contributed by atoms with E-state index in [1.165, 1.54) is 24.8 Å². The highest BCUT2D eigenvalue weighted by molar-refractivity contribution is 7.89. The van der Waals surface area contributed by atoms with E-state index in [1.54, 1.807) is 23.2 Å². The summed E-state index contributed by atoms with van der Waals surface area (Å²) in [6.45, 7) is 4.88. The normalized spacial score (nSPS) is 16.3. The zero-order valence-corrected chi connectivity index (χ0v) is 19.9. The number of rotatable bonds is 7. The van der Waals surface area contributed by atoms with Crippen LogP contribution in [-0.2, 0) is 14.8 Å². The Morgan fingerprint density at radius 2 is 1.88 bits per heavy atom. The van der Waals surface area contributed by atoms with Crippen molar-refractivity contribution in [2.45, 2.75) is 43.5 Å². The summed E-state index contributed by atoms with van der Waals surface area (Å²) in [5, 5.41) is 1.12. The Bertz CT molecular complexity index is 1210. The molecule has 0 unspecified atom stereocenters. The first kappa shape index (κ1) is 23.3. The number of hydrogen-bond acceptors (Lipinski definition) is 5. The highest BCUT2D eigenvalue weighted by Gasteiger charge is 2.34. The zero-order valence-electron chi connectivity index (χ0n) is 19.1. The van der Waals surface area contributed by atoms with Crippen molar-refractivity contribution in [3.05, 3.63) is 54.4 Å². The molecule has 3 heterocycles. The van der Waals surface area contributed by atoms with E-state index in [0.29, 0.717) is 24.8 Å². The molecule has 1 atom stereocenters. The van der Waals surface area contributed by atoms with Crippen LogP contribution in [0.3, 0.4) is 0 Å². The van der Waals surface area contributed by atoms with Gasteiger partial charge in [-0.2, -0.15) is 4.72 Å². The van der Waals surface area contributed by atoms with Crippen LogP contribution in [0.5, 0.6) is 5.75 Å². The van der Waals surface area contributed by atoms with Gasteiger partial charge < -0.3 is 14.6 Å². The van der Waals surface area contributed by atoms with Crippen LogP contribution in [-0.4, -0.2) is 55.4 Å². The van der Waals surface area contributed by atoms with Gasteiger partial charge in [0.05, 0.1) is 12.0 Å². The topological polar surface area (TPSA) is 104 Å². The lowest BCUT2D eigenvalue weighted by atomic mass is 9.89. The fourth-order valence-corrected chi connectivity index (χ4v) is 5.72. The van der Waals surface area contributed by atoms with E-state index < -0.39 is 16.1 Å². The van der Waals surface area contributed by atoms with Crippen molar-refractivity contribution in [1.82, 2.24) is 19.6 Å². The molecule has 1 fully saturated rings. The van der Waals surface area contributed by atoms with Crippen molar-refractivity contribution in [3.63, 3.8) is 0 Å². The lowest BCUT2D eigenvalue weighted by molar-refractivity contribution is -0.135. The number of methoxy groups -OCH3 is 1. The Morgan fingerprint density at radius 1 is 1.18 bits per heavy atom. The van der Waals surface area contributed by atoms with Gasteiger partial charge >= 0.3 is 0 Å². The number of hydrogen-bond donors (Lipinski definition) is 2. The molecule has 4 rings (SSSR count). The number of benzene rings is 1. The summed E-state index contributed by atoms with van der Waals surface area (Å²) in [6, 6.07) is 9.30. The summed E-state index contributed by atoms with van der Waals surface area (Å²) in [5.41, 5.74) is 2.10. The average molecular weight is 471 g/mol. The molecule has 0 bridgehead atoms. The van der Waals surface area contributed by atoms with Crippen molar-refractivity contribution in [1.29, 1.82) is 0 Å². The summed E-state index contributed by atoms with van der Waals surface area (Å²) in [4.78, 5) is 22.8. The standard InChI is InChI=1S/C24H30N4O4S/c1-16(2)22(27-33(30,31)19-8-6-18(32-3)7-9-19)24(29)28-13-10-17(11-14-28)21-15-26-23-20(21)5-4-12-25-23/h4-9,12,15-17,22,27H,10-11,13-14H2,1-3H3,(H,25,26)/t22-/m0/s1. The van der Waals surface area contributed by atoms with Crippen LogP contribution < -0.4 is 9.46 Å². The van der Waals surface area contributed by atoms with Gasteiger partial charge in [0.15, 0.2) is 0 Å². The second-order valence-electron chi connectivity index (χ2n) is 8.76. The maximum Gasteiger partial charge on any atom is 0.241 e. The molecule has 9 heteroatoms. The molecule has 1 amide bonds. The first-order valence-electron chi connectivity index (χ1n) is 11.2. The molecule has 1 saturated heterocycles. The van der Waals surface area contributed by atoms with Gasteiger partial charge in [-0.15, -0.1) is 0 Å². The minimum atomic E-state index is -3.85. The molecule has 1 aliphatic heterocycles. The molecule has 0 saturated carbocycles. The van der Waals surface area contributed by atoms with Crippen LogP contribution in [0.1, 0.15) is 38.2 Å². The monoisotopic (exact) mass is 470 g/mol. The molecule has 2 aromatic heterocycles. The number of carbonyl (C=O) groups excluding carboxylic acids is 1. The third kappa shape index (κ3) is 4.89. The molecule has 176 valence electrons. The zero-order chi connectivity index (χ0) is 23.6. The van der Waals surface area contributed by atoms with Gasteiger partial charge in [0.2, 0.25) is 15.9 Å². The van der Waals surface area contributed by atoms with E-state index in [2.05, 4.69) is 20.8 Å². The Morgan fingerprint density at radius 3 is 2.52 bits per heavy atom. The predicted octanol–water partition coefficient (Wildman–Crippen LogP) is 3.28. The number of ether oxygens (including phenoxy) is 1. The second-order valence-corrected chi connectivity index (χ2v) is 10.5. The van der Waals surface area contributed by atoms with Crippen LogP contribution in [0.15, 0.2) is 53.7 Å². The summed E-state index contributed by atoms with van der Waals surface area (Å²) in [7, 11) is -2.33. The van der Waals surface area contributed by atoms with E-state index in [4.69, 9.17) is 4.74 Å². The molecular weight excluding hydrogens is 440 g/mol. The number of piperidine rings is 1. The maximum atomic E-state index is 13.3. The predicted molar refractivity (Wildman–Crippen MR) is 127 cm³/mol. The van der Waals surface area contributed by atoms with Crippen LogP contribution in [0.2, 0.25) is 0 Å². The number of nitrogens with one attached hydrogen (secondary N) is 2. The van der Waals surface area contributed by atoms with Gasteiger partial charge in [-0.1, -0.05) is 13.8 Å². The molecule has 1 aromatic carbocycles. The van der Waals surface area contributed by atoms with Crippen molar-refractivity contribution in [2.24, 2.45) is 5.92 Å². The van der Waals surface area contributed by atoms with Crippen LogP contribution in [0, 0.1) is 5.92 Å². The van der Waals surface area contributed by atoms with Gasteiger partial charge in [0.1, 0.15) is 17.4 Å². The van der Waals surface area contributed by atoms with Gasteiger partial charge in [0, 0.05) is 30.9 Å². The number of amides is 1. The SMILES string of the molecule is COc1ccc(S(=O)(=O)N[C@H](C(=O)N2CCC(c3c[nH]c4ncccc34)CC2)C(C)C)cc1. The highest BCUT2D eigenvalue weighted by Crippen LogP contribution is 2.33. The van der Waals surface area contributed by atoms with Crippen LogP contribution in [0.4, 0.5) is 0 Å². The number of likely N-dealkylation sites (tertiary alicyclic amines) is 1. The molecule has 0 spiro atoms. The molecule has 8 nitrogen and oxygen atoms in total. The molecule has 1 aliphatic rings. The number of aromatic nitrogens is 2. The second kappa shape index (κ2) is 9.52. The lowest BCUT2D eigenvalue weighted by Gasteiger charge is -2.35. The Labute approximate surface area is 194 Å². The third-order valence-electron chi connectivity index (χ3n) is 6.31. The molecule has 0 radical (unpaired) electrons. The first-order chi connectivity index (χ1) is 15.8. The van der Waals surface area contributed by atoms with E-state index >= 15 is 0 Å². The van der Waals surface area contributed by atoms with Gasteiger partial charge in [-0.05, 0) is 66.6 Å². The van der Waals surface area contributed by atoms with E-state index in [-0.39, 0.29) is 16.7 Å². The minimum Gasteiger partial charge on any atom is -0.497 e. The minimum absolute atomic E-state index is 0.105. The quantitative estimate of drug-likeness (QED) is 0.551. The van der Waals surface area contributed by atoms with Gasteiger partial charge in [-0.25, -0.2) is 13.4 Å². The Balaban J connectivity index is 1.44. The molecule has 0 aliphatic carbocycles. The number of nitrogens with zero attached hydrogens (tertiary/aromatic N) is 2. The number of carbonyl (C=O) groups is 1. The third-order valence-corrected chi connectivity index (χ3v) is 7.77. The smallest absolute Gasteiger partial charge is 0.241 e. The van der Waals surface area contributed by atoms with E-state index in [0.717, 1.165) is 23.9 Å².